The monoisotopic (exact) mass is 543 g/mol. The van der Waals surface area contributed by atoms with Crippen LogP contribution in [0.25, 0.3) is 0 Å². The Morgan fingerprint density at radius 1 is 1.19 bits per heavy atom. The maximum atomic E-state index is 5.65. The first kappa shape index (κ1) is 26.4. The zero-order valence-corrected chi connectivity index (χ0v) is 21.9. The maximum absolute atomic E-state index is 5.65. The molecule has 0 amide bonds. The molecular formula is C24H42IN5O. The van der Waals surface area contributed by atoms with Gasteiger partial charge in [-0.25, -0.2) is 0 Å². The van der Waals surface area contributed by atoms with E-state index in [9.17, 15) is 0 Å². The molecule has 31 heavy (non-hydrogen) atoms. The molecule has 2 aliphatic heterocycles. The Hall–Kier alpha value is -0.900. The van der Waals surface area contributed by atoms with Crippen LogP contribution in [0.1, 0.15) is 50.7 Å². The Balaban J connectivity index is 0.00000341. The van der Waals surface area contributed by atoms with Gasteiger partial charge in [-0.2, -0.15) is 0 Å². The molecular weight excluding hydrogens is 501 g/mol. The fourth-order valence-electron chi connectivity index (χ4n) is 4.67. The number of hydrogen-bond donors (Lipinski definition) is 2. The molecule has 1 aromatic carbocycles. The number of hydrogen-bond acceptors (Lipinski definition) is 4. The number of nitrogens with zero attached hydrogens (tertiary/aromatic N) is 3. The molecule has 0 radical (unpaired) electrons. The Labute approximate surface area is 206 Å². The van der Waals surface area contributed by atoms with Crippen molar-refractivity contribution >= 4 is 29.9 Å². The van der Waals surface area contributed by atoms with Gasteiger partial charge in [0.2, 0.25) is 0 Å². The van der Waals surface area contributed by atoms with Gasteiger partial charge in [0.25, 0.3) is 0 Å². The highest BCUT2D eigenvalue weighted by atomic mass is 127. The number of nitrogens with one attached hydrogen (secondary N) is 2. The number of ether oxygens (including phenoxy) is 1. The largest absolute Gasteiger partial charge is 0.376 e. The number of guanidine groups is 1. The van der Waals surface area contributed by atoms with E-state index < -0.39 is 0 Å². The van der Waals surface area contributed by atoms with Crippen LogP contribution < -0.4 is 10.6 Å². The second kappa shape index (κ2) is 14.3. The summed E-state index contributed by atoms with van der Waals surface area (Å²) in [6.07, 6.45) is 5.66. The van der Waals surface area contributed by atoms with Crippen LogP contribution in [0.15, 0.2) is 29.3 Å². The molecule has 6 nitrogen and oxygen atoms in total. The average molecular weight is 544 g/mol. The number of aliphatic imine (C=N–C) groups is 1. The highest BCUT2D eigenvalue weighted by Crippen LogP contribution is 2.18. The van der Waals surface area contributed by atoms with E-state index in [0.29, 0.717) is 6.10 Å². The van der Waals surface area contributed by atoms with Crippen LogP contribution in [0.3, 0.4) is 0 Å². The summed E-state index contributed by atoms with van der Waals surface area (Å²) in [6.45, 7) is 12.4. The van der Waals surface area contributed by atoms with Gasteiger partial charge in [0.05, 0.1) is 12.7 Å². The van der Waals surface area contributed by atoms with E-state index in [4.69, 9.17) is 4.74 Å². The van der Waals surface area contributed by atoms with E-state index in [1.165, 1.54) is 43.4 Å². The molecule has 176 valence electrons. The molecule has 2 heterocycles. The van der Waals surface area contributed by atoms with Gasteiger partial charge in [-0.15, -0.1) is 24.0 Å². The van der Waals surface area contributed by atoms with Gasteiger partial charge in [0.15, 0.2) is 5.96 Å². The van der Waals surface area contributed by atoms with Gasteiger partial charge in [0.1, 0.15) is 0 Å². The molecule has 2 atom stereocenters. The van der Waals surface area contributed by atoms with Crippen molar-refractivity contribution in [2.45, 2.75) is 64.8 Å². The van der Waals surface area contributed by atoms with Crippen LogP contribution in [-0.2, 0) is 17.8 Å². The summed E-state index contributed by atoms with van der Waals surface area (Å²) in [5.74, 6) is 0.882. The molecule has 7 heteroatoms. The molecule has 2 unspecified atom stereocenters. The van der Waals surface area contributed by atoms with Crippen molar-refractivity contribution in [3.8, 4) is 0 Å². The molecule has 0 saturated carbocycles. The zero-order chi connectivity index (χ0) is 21.2. The lowest BCUT2D eigenvalue weighted by Crippen LogP contribution is -2.45. The number of rotatable bonds is 8. The van der Waals surface area contributed by atoms with Gasteiger partial charge in [-0.3, -0.25) is 14.8 Å². The lowest BCUT2D eigenvalue weighted by molar-refractivity contribution is -0.0212. The molecule has 0 bridgehead atoms. The van der Waals surface area contributed by atoms with E-state index in [2.05, 4.69) is 63.5 Å². The second-order valence-corrected chi connectivity index (χ2v) is 8.68. The second-order valence-electron chi connectivity index (χ2n) is 8.68. The molecule has 2 saturated heterocycles. The maximum Gasteiger partial charge on any atom is 0.191 e. The molecule has 1 aromatic rings. The number of piperidine rings is 1. The summed E-state index contributed by atoms with van der Waals surface area (Å²) in [7, 11) is 1.85. The third-order valence-corrected chi connectivity index (χ3v) is 6.32. The molecule has 3 rings (SSSR count). The highest BCUT2D eigenvalue weighted by molar-refractivity contribution is 14.0. The Morgan fingerprint density at radius 2 is 2.03 bits per heavy atom. The quantitative estimate of drug-likeness (QED) is 0.299. The average Bonchev–Trinajstić information content (AvgIpc) is 2.76. The van der Waals surface area contributed by atoms with Crippen molar-refractivity contribution in [2.75, 3.05) is 46.4 Å². The topological polar surface area (TPSA) is 52.1 Å². The predicted molar refractivity (Wildman–Crippen MR) is 140 cm³/mol. The van der Waals surface area contributed by atoms with Crippen molar-refractivity contribution in [2.24, 2.45) is 4.99 Å². The first-order chi connectivity index (χ1) is 14.7. The summed E-state index contributed by atoms with van der Waals surface area (Å²) in [6, 6.07) is 9.63. The third-order valence-electron chi connectivity index (χ3n) is 6.32. The van der Waals surface area contributed by atoms with E-state index in [-0.39, 0.29) is 24.0 Å². The summed E-state index contributed by atoms with van der Waals surface area (Å²) >= 11 is 0. The summed E-state index contributed by atoms with van der Waals surface area (Å²) < 4.78 is 5.65. The molecule has 0 aliphatic carbocycles. The minimum Gasteiger partial charge on any atom is -0.376 e. The zero-order valence-electron chi connectivity index (χ0n) is 19.6. The standard InChI is InChI=1S/C24H41N5O.HI/c1-4-23-10-5-6-12-29(23)13-11-26-24(25-3)27-17-21-8-7-9-22(16-21)19-28-14-15-30-20(2)18-28;/h7-9,16,20,23H,4-6,10-15,17-19H2,1-3H3,(H2,25,26,27);1H. The minimum absolute atomic E-state index is 0. The van der Waals surface area contributed by atoms with Gasteiger partial charge in [-0.1, -0.05) is 37.6 Å². The molecule has 2 aliphatic rings. The number of likely N-dealkylation sites (tertiary alicyclic amines) is 1. The fraction of sp³-hybridized carbons (Fsp3) is 0.708. The summed E-state index contributed by atoms with van der Waals surface area (Å²) in [4.78, 5) is 9.52. The lowest BCUT2D eigenvalue weighted by atomic mass is 10.0. The minimum atomic E-state index is 0. The SMILES string of the molecule is CCC1CCCCN1CCNC(=NC)NCc1cccc(CN2CCOC(C)C2)c1.I. The van der Waals surface area contributed by atoms with Crippen molar-refractivity contribution in [3.63, 3.8) is 0 Å². The van der Waals surface area contributed by atoms with Crippen LogP contribution in [0.4, 0.5) is 0 Å². The van der Waals surface area contributed by atoms with Crippen molar-refractivity contribution in [1.29, 1.82) is 0 Å². The lowest BCUT2D eigenvalue weighted by Gasteiger charge is -2.35. The van der Waals surface area contributed by atoms with E-state index in [1.807, 2.05) is 7.05 Å². The molecule has 0 spiro atoms. The Morgan fingerprint density at radius 3 is 2.81 bits per heavy atom. The van der Waals surface area contributed by atoms with Crippen LogP contribution in [0.2, 0.25) is 0 Å². The normalized spacial score (nSPS) is 23.3. The summed E-state index contributed by atoms with van der Waals surface area (Å²) in [5, 5.41) is 6.97. The smallest absolute Gasteiger partial charge is 0.191 e. The Bertz CT molecular complexity index is 671. The van der Waals surface area contributed by atoms with Crippen LogP contribution in [-0.4, -0.2) is 74.3 Å². The fourth-order valence-corrected chi connectivity index (χ4v) is 4.67. The molecule has 2 fully saturated rings. The van der Waals surface area contributed by atoms with E-state index >= 15 is 0 Å². The van der Waals surface area contributed by atoms with Gasteiger partial charge in [0, 0.05) is 52.4 Å². The van der Waals surface area contributed by atoms with Crippen molar-refractivity contribution < 1.29 is 4.74 Å². The van der Waals surface area contributed by atoms with E-state index in [0.717, 1.165) is 57.9 Å². The van der Waals surface area contributed by atoms with Gasteiger partial charge < -0.3 is 15.4 Å². The van der Waals surface area contributed by atoms with Gasteiger partial charge >= 0.3 is 0 Å². The summed E-state index contributed by atoms with van der Waals surface area (Å²) in [5.41, 5.74) is 2.65. The highest BCUT2D eigenvalue weighted by Gasteiger charge is 2.20. The van der Waals surface area contributed by atoms with E-state index in [1.54, 1.807) is 0 Å². The number of benzene rings is 1. The number of halogens is 1. The van der Waals surface area contributed by atoms with Crippen molar-refractivity contribution in [3.05, 3.63) is 35.4 Å². The van der Waals surface area contributed by atoms with Crippen LogP contribution in [0, 0.1) is 0 Å². The van der Waals surface area contributed by atoms with Gasteiger partial charge in [-0.05, 0) is 43.9 Å². The van der Waals surface area contributed by atoms with Crippen LogP contribution in [0.5, 0.6) is 0 Å². The number of morpholine rings is 1. The molecule has 0 aromatic heterocycles. The Kier molecular flexibility index (Phi) is 12.1. The van der Waals surface area contributed by atoms with Crippen molar-refractivity contribution in [1.82, 2.24) is 20.4 Å². The molecule has 2 N–H and O–H groups in total. The first-order valence-corrected chi connectivity index (χ1v) is 11.8. The third kappa shape index (κ3) is 8.86. The first-order valence-electron chi connectivity index (χ1n) is 11.8. The predicted octanol–water partition coefficient (Wildman–Crippen LogP) is 3.45. The van der Waals surface area contributed by atoms with Crippen LogP contribution >= 0.6 is 24.0 Å².